The average Bonchev–Trinajstić information content (AvgIpc) is 3.16. The monoisotopic (exact) mass is 444 g/mol. The first-order valence-corrected chi connectivity index (χ1v) is 11.1. The fraction of sp³-hybridized carbons (Fsp3) is 0.810. The number of nitrogens with zero attached hydrogens (tertiary/aromatic N) is 2. The second-order valence-electron chi connectivity index (χ2n) is 6.95. The minimum absolute atomic E-state index is 0.188. The Labute approximate surface area is 184 Å². The van der Waals surface area contributed by atoms with Gasteiger partial charge in [0, 0.05) is 26.2 Å². The number of esters is 4. The van der Waals surface area contributed by atoms with Gasteiger partial charge >= 0.3 is 23.9 Å². The van der Waals surface area contributed by atoms with E-state index in [0.29, 0.717) is 13.1 Å². The zero-order valence-corrected chi connectivity index (χ0v) is 19.1. The van der Waals surface area contributed by atoms with Gasteiger partial charge in [0.25, 0.3) is 0 Å². The Kier molecular flexibility index (Phi) is 12.8. The van der Waals surface area contributed by atoms with Crippen LogP contribution in [0.25, 0.3) is 0 Å². The molecule has 0 saturated carbocycles. The van der Waals surface area contributed by atoms with Gasteiger partial charge in [-0.25, -0.2) is 10.0 Å². The molecule has 1 rings (SSSR count). The summed E-state index contributed by atoms with van der Waals surface area (Å²) in [6.45, 7) is 9.90. The third-order valence-corrected chi connectivity index (χ3v) is 4.87. The summed E-state index contributed by atoms with van der Waals surface area (Å²) in [6, 6.07) is 0. The Morgan fingerprint density at radius 3 is 1.16 bits per heavy atom. The molecule has 0 aliphatic carbocycles. The van der Waals surface area contributed by atoms with Gasteiger partial charge in [-0.1, -0.05) is 0 Å². The van der Waals surface area contributed by atoms with Crippen LogP contribution in [0.5, 0.6) is 0 Å². The van der Waals surface area contributed by atoms with E-state index < -0.39 is 35.7 Å². The summed E-state index contributed by atoms with van der Waals surface area (Å²) in [6.07, 6.45) is 1.41. The Morgan fingerprint density at radius 1 is 0.613 bits per heavy atom. The van der Waals surface area contributed by atoms with Crippen molar-refractivity contribution >= 4 is 23.9 Å². The molecule has 0 unspecified atom stereocenters. The van der Waals surface area contributed by atoms with Crippen molar-refractivity contribution in [1.82, 2.24) is 10.0 Å². The second-order valence-corrected chi connectivity index (χ2v) is 6.95. The van der Waals surface area contributed by atoms with E-state index in [1.807, 2.05) is 10.0 Å². The highest BCUT2D eigenvalue weighted by Crippen LogP contribution is 2.18. The van der Waals surface area contributed by atoms with Crippen LogP contribution in [0.3, 0.4) is 0 Å². The third-order valence-electron chi connectivity index (χ3n) is 4.87. The number of hydrogen-bond donors (Lipinski definition) is 0. The minimum Gasteiger partial charge on any atom is -0.465 e. The van der Waals surface area contributed by atoms with Crippen LogP contribution in [0.4, 0.5) is 0 Å². The summed E-state index contributed by atoms with van der Waals surface area (Å²) < 4.78 is 20.1. The molecule has 1 heterocycles. The number of hydrogen-bond acceptors (Lipinski definition) is 10. The fourth-order valence-corrected chi connectivity index (χ4v) is 3.42. The predicted octanol–water partition coefficient (Wildman–Crippen LogP) is 1.17. The highest BCUT2D eigenvalue weighted by Gasteiger charge is 2.34. The highest BCUT2D eigenvalue weighted by atomic mass is 16.6. The first kappa shape index (κ1) is 26.8. The van der Waals surface area contributed by atoms with E-state index in [0.717, 1.165) is 19.5 Å². The molecule has 0 atom stereocenters. The Morgan fingerprint density at radius 2 is 0.903 bits per heavy atom. The average molecular weight is 445 g/mol. The summed E-state index contributed by atoms with van der Waals surface area (Å²) in [7, 11) is 0. The molecule has 0 N–H and O–H groups in total. The van der Waals surface area contributed by atoms with Crippen LogP contribution in [0.15, 0.2) is 0 Å². The maximum absolute atomic E-state index is 12.2. The van der Waals surface area contributed by atoms with Gasteiger partial charge in [0.2, 0.25) is 0 Å². The van der Waals surface area contributed by atoms with Crippen molar-refractivity contribution in [2.24, 2.45) is 11.8 Å². The molecule has 0 aromatic heterocycles. The maximum Gasteiger partial charge on any atom is 0.320 e. The number of carbonyl (C=O) groups is 4. The molecular formula is C21H36N2O8. The van der Waals surface area contributed by atoms with Crippen LogP contribution >= 0.6 is 0 Å². The molecule has 1 aliphatic rings. The number of hydrazine groups is 1. The largest absolute Gasteiger partial charge is 0.465 e. The lowest BCUT2D eigenvalue weighted by molar-refractivity contribution is -0.165. The van der Waals surface area contributed by atoms with E-state index in [2.05, 4.69) is 0 Å². The summed E-state index contributed by atoms with van der Waals surface area (Å²) >= 11 is 0. The third kappa shape index (κ3) is 8.82. The molecule has 10 nitrogen and oxygen atoms in total. The first-order valence-electron chi connectivity index (χ1n) is 11.1. The molecule has 1 saturated heterocycles. The van der Waals surface area contributed by atoms with Crippen LogP contribution in [-0.4, -0.2) is 86.5 Å². The van der Waals surface area contributed by atoms with Crippen molar-refractivity contribution in [2.75, 3.05) is 52.6 Å². The highest BCUT2D eigenvalue weighted by molar-refractivity contribution is 5.95. The van der Waals surface area contributed by atoms with E-state index in [9.17, 15) is 19.2 Å². The van der Waals surface area contributed by atoms with E-state index in [4.69, 9.17) is 18.9 Å². The lowest BCUT2D eigenvalue weighted by atomic mass is 10.1. The van der Waals surface area contributed by atoms with Crippen molar-refractivity contribution in [3.05, 3.63) is 0 Å². The van der Waals surface area contributed by atoms with Crippen LogP contribution < -0.4 is 0 Å². The SMILES string of the molecule is CCOC(=O)C(CCN1CCCN1CCC(C(=O)OCC)C(=O)OCC)C(=O)OCC. The lowest BCUT2D eigenvalue weighted by Gasteiger charge is -2.29. The molecule has 1 fully saturated rings. The standard InChI is InChI=1S/C21H36N2O8/c1-5-28-18(24)16(19(25)29-6-2)10-14-22-12-9-13-23(22)15-11-17(20(26)30-7-3)21(27)31-8-4/h16-17H,5-15H2,1-4H3. The summed E-state index contributed by atoms with van der Waals surface area (Å²) in [5.74, 6) is -4.30. The molecule has 0 bridgehead atoms. The minimum atomic E-state index is -0.978. The Bertz CT molecular complexity index is 512. The molecule has 10 heteroatoms. The number of ether oxygens (including phenoxy) is 4. The predicted molar refractivity (Wildman–Crippen MR) is 111 cm³/mol. The normalized spacial score (nSPS) is 14.6. The molecule has 1 aliphatic heterocycles. The van der Waals surface area contributed by atoms with Gasteiger partial charge in [0.15, 0.2) is 11.8 Å². The van der Waals surface area contributed by atoms with Crippen LogP contribution in [-0.2, 0) is 38.1 Å². The molecule has 0 aromatic carbocycles. The van der Waals surface area contributed by atoms with Gasteiger partial charge in [-0.2, -0.15) is 0 Å². The first-order chi connectivity index (χ1) is 14.9. The van der Waals surface area contributed by atoms with Crippen molar-refractivity contribution in [2.45, 2.75) is 47.0 Å². The Balaban J connectivity index is 2.71. The maximum atomic E-state index is 12.2. The molecule has 0 radical (unpaired) electrons. The summed E-state index contributed by atoms with van der Waals surface area (Å²) in [4.78, 5) is 48.7. The van der Waals surface area contributed by atoms with Gasteiger partial charge in [-0.05, 0) is 47.0 Å². The van der Waals surface area contributed by atoms with Crippen LogP contribution in [0, 0.1) is 11.8 Å². The van der Waals surface area contributed by atoms with Gasteiger partial charge in [0.05, 0.1) is 26.4 Å². The van der Waals surface area contributed by atoms with E-state index in [-0.39, 0.29) is 39.3 Å². The number of carbonyl (C=O) groups excluding carboxylic acids is 4. The second kappa shape index (κ2) is 14.7. The van der Waals surface area contributed by atoms with E-state index >= 15 is 0 Å². The van der Waals surface area contributed by atoms with Crippen molar-refractivity contribution in [3.8, 4) is 0 Å². The van der Waals surface area contributed by atoms with Crippen LogP contribution in [0.1, 0.15) is 47.0 Å². The van der Waals surface area contributed by atoms with Gasteiger partial charge in [-0.3, -0.25) is 19.2 Å². The Hall–Kier alpha value is -2.20. The van der Waals surface area contributed by atoms with Crippen molar-refractivity contribution in [1.29, 1.82) is 0 Å². The molecule has 0 aromatic rings. The van der Waals surface area contributed by atoms with Crippen LogP contribution in [0.2, 0.25) is 0 Å². The zero-order chi connectivity index (χ0) is 23.2. The quantitative estimate of drug-likeness (QED) is 0.220. The van der Waals surface area contributed by atoms with Gasteiger partial charge < -0.3 is 18.9 Å². The zero-order valence-electron chi connectivity index (χ0n) is 19.1. The van der Waals surface area contributed by atoms with E-state index in [1.54, 1.807) is 27.7 Å². The summed E-state index contributed by atoms with van der Waals surface area (Å²) in [5.41, 5.74) is 0. The van der Waals surface area contributed by atoms with Gasteiger partial charge in [0.1, 0.15) is 0 Å². The smallest absolute Gasteiger partial charge is 0.320 e. The fourth-order valence-electron chi connectivity index (χ4n) is 3.42. The molecule has 31 heavy (non-hydrogen) atoms. The van der Waals surface area contributed by atoms with Crippen molar-refractivity contribution < 1.29 is 38.1 Å². The van der Waals surface area contributed by atoms with Gasteiger partial charge in [-0.15, -0.1) is 0 Å². The number of rotatable bonds is 14. The molecule has 0 spiro atoms. The van der Waals surface area contributed by atoms with Crippen molar-refractivity contribution in [3.63, 3.8) is 0 Å². The summed E-state index contributed by atoms with van der Waals surface area (Å²) in [5, 5.41) is 4.05. The molecular weight excluding hydrogens is 408 g/mol. The van der Waals surface area contributed by atoms with E-state index in [1.165, 1.54) is 0 Å². The lowest BCUT2D eigenvalue weighted by Crippen LogP contribution is -2.42. The molecule has 178 valence electrons. The molecule has 0 amide bonds. The topological polar surface area (TPSA) is 112 Å².